The van der Waals surface area contributed by atoms with Crippen molar-refractivity contribution in [3.63, 3.8) is 0 Å². The minimum absolute atomic E-state index is 0.661. The Kier molecular flexibility index (Phi) is 4.39. The quantitative estimate of drug-likeness (QED) is 0.672. The second-order valence-corrected chi connectivity index (χ2v) is 5.30. The Labute approximate surface area is 116 Å². The van der Waals surface area contributed by atoms with E-state index in [1.165, 1.54) is 5.56 Å². The number of anilines is 1. The van der Waals surface area contributed by atoms with E-state index in [9.17, 15) is 0 Å². The van der Waals surface area contributed by atoms with E-state index in [2.05, 4.69) is 0 Å². The van der Waals surface area contributed by atoms with Crippen molar-refractivity contribution in [3.8, 4) is 5.75 Å². The molecular formula is C14H14ClNOS. The van der Waals surface area contributed by atoms with E-state index in [1.54, 1.807) is 18.9 Å². The molecule has 18 heavy (non-hydrogen) atoms. The second kappa shape index (κ2) is 6.03. The number of hydrogen-bond acceptors (Lipinski definition) is 3. The molecule has 0 atom stereocenters. The molecule has 0 saturated heterocycles. The minimum Gasteiger partial charge on any atom is -0.495 e. The number of benzene rings is 2. The summed E-state index contributed by atoms with van der Waals surface area (Å²) in [6, 6.07) is 13.7. The largest absolute Gasteiger partial charge is 0.495 e. The Morgan fingerprint density at radius 3 is 2.56 bits per heavy atom. The lowest BCUT2D eigenvalue weighted by molar-refractivity contribution is 0.416. The molecule has 4 heteroatoms. The van der Waals surface area contributed by atoms with Crippen molar-refractivity contribution in [2.75, 3.05) is 12.8 Å². The molecule has 0 fully saturated rings. The molecule has 0 radical (unpaired) electrons. The molecule has 0 amide bonds. The van der Waals surface area contributed by atoms with E-state index in [0.29, 0.717) is 5.69 Å². The van der Waals surface area contributed by atoms with Gasteiger partial charge in [-0.3, -0.25) is 0 Å². The highest BCUT2D eigenvalue weighted by Crippen LogP contribution is 2.30. The Hall–Kier alpha value is -1.32. The third-order valence-electron chi connectivity index (χ3n) is 2.52. The topological polar surface area (TPSA) is 35.2 Å². The molecule has 0 unspecified atom stereocenters. The average molecular weight is 280 g/mol. The van der Waals surface area contributed by atoms with Crippen LogP contribution in [0.5, 0.6) is 5.75 Å². The van der Waals surface area contributed by atoms with Crippen LogP contribution < -0.4 is 10.5 Å². The van der Waals surface area contributed by atoms with Crippen LogP contribution in [0.4, 0.5) is 5.69 Å². The molecule has 2 N–H and O–H groups in total. The first kappa shape index (κ1) is 13.1. The van der Waals surface area contributed by atoms with E-state index >= 15 is 0 Å². The van der Waals surface area contributed by atoms with E-state index < -0.39 is 0 Å². The highest BCUT2D eigenvalue weighted by molar-refractivity contribution is 7.98. The van der Waals surface area contributed by atoms with Gasteiger partial charge in [-0.1, -0.05) is 23.7 Å². The summed E-state index contributed by atoms with van der Waals surface area (Å²) in [5, 5.41) is 0.762. The fourth-order valence-electron chi connectivity index (χ4n) is 1.53. The summed E-state index contributed by atoms with van der Waals surface area (Å²) in [4.78, 5) is 1.14. The summed E-state index contributed by atoms with van der Waals surface area (Å²) < 4.78 is 5.20. The number of nitrogen functional groups attached to an aromatic ring is 1. The predicted molar refractivity (Wildman–Crippen MR) is 78.4 cm³/mol. The Balaban J connectivity index is 2.04. The highest BCUT2D eigenvalue weighted by Gasteiger charge is 2.02. The average Bonchev–Trinajstić information content (AvgIpc) is 2.39. The van der Waals surface area contributed by atoms with Crippen LogP contribution in [0, 0.1) is 0 Å². The predicted octanol–water partition coefficient (Wildman–Crippen LogP) is 4.22. The van der Waals surface area contributed by atoms with Gasteiger partial charge in [0.1, 0.15) is 5.75 Å². The number of halogens is 1. The summed E-state index contributed by atoms with van der Waals surface area (Å²) in [5.74, 6) is 1.61. The fraction of sp³-hybridized carbons (Fsp3) is 0.143. The molecule has 0 heterocycles. The first-order valence-corrected chi connectivity index (χ1v) is 6.86. The van der Waals surface area contributed by atoms with Crippen LogP contribution in [-0.4, -0.2) is 7.11 Å². The molecule has 0 aromatic heterocycles. The van der Waals surface area contributed by atoms with Crippen LogP contribution in [-0.2, 0) is 5.75 Å². The van der Waals surface area contributed by atoms with Gasteiger partial charge in [-0.15, -0.1) is 11.8 Å². The van der Waals surface area contributed by atoms with Gasteiger partial charge >= 0.3 is 0 Å². The summed E-state index contributed by atoms with van der Waals surface area (Å²) >= 11 is 7.59. The SMILES string of the molecule is COc1cc(SCc2ccc(Cl)cc2)ccc1N. The fourth-order valence-corrected chi connectivity index (χ4v) is 2.53. The summed E-state index contributed by atoms with van der Waals surface area (Å²) in [6.45, 7) is 0. The van der Waals surface area contributed by atoms with Crippen LogP contribution in [0.15, 0.2) is 47.4 Å². The third kappa shape index (κ3) is 3.34. The van der Waals surface area contributed by atoms with Gasteiger partial charge in [0.2, 0.25) is 0 Å². The number of hydrogen-bond donors (Lipinski definition) is 1. The van der Waals surface area contributed by atoms with Crippen molar-refractivity contribution in [3.05, 3.63) is 53.1 Å². The Morgan fingerprint density at radius 1 is 1.17 bits per heavy atom. The zero-order chi connectivity index (χ0) is 13.0. The van der Waals surface area contributed by atoms with Crippen molar-refractivity contribution >= 4 is 29.1 Å². The standard InChI is InChI=1S/C14H14ClNOS/c1-17-14-8-12(6-7-13(14)16)18-9-10-2-4-11(15)5-3-10/h2-8H,9,16H2,1H3. The van der Waals surface area contributed by atoms with E-state index in [4.69, 9.17) is 22.1 Å². The molecule has 0 spiro atoms. The van der Waals surface area contributed by atoms with Crippen LogP contribution >= 0.6 is 23.4 Å². The van der Waals surface area contributed by atoms with Gasteiger partial charge in [-0.25, -0.2) is 0 Å². The maximum absolute atomic E-state index is 5.85. The van der Waals surface area contributed by atoms with Gasteiger partial charge in [-0.05, 0) is 35.9 Å². The maximum atomic E-state index is 5.85. The Bertz CT molecular complexity index is 528. The number of ether oxygens (including phenoxy) is 1. The van der Waals surface area contributed by atoms with Crippen molar-refractivity contribution in [1.82, 2.24) is 0 Å². The monoisotopic (exact) mass is 279 g/mol. The number of thioether (sulfide) groups is 1. The molecule has 2 nitrogen and oxygen atoms in total. The molecule has 0 aliphatic carbocycles. The molecular weight excluding hydrogens is 266 g/mol. The summed E-state index contributed by atoms with van der Waals surface area (Å²) in [7, 11) is 1.62. The molecule has 2 rings (SSSR count). The minimum atomic E-state index is 0.661. The number of nitrogens with two attached hydrogens (primary N) is 1. The van der Waals surface area contributed by atoms with Gasteiger partial charge in [0.25, 0.3) is 0 Å². The van der Waals surface area contributed by atoms with Crippen molar-refractivity contribution in [2.45, 2.75) is 10.6 Å². The molecule has 0 aliphatic rings. The van der Waals surface area contributed by atoms with Crippen LogP contribution in [0.3, 0.4) is 0 Å². The van der Waals surface area contributed by atoms with E-state index in [-0.39, 0.29) is 0 Å². The van der Waals surface area contributed by atoms with Crippen molar-refractivity contribution in [2.24, 2.45) is 0 Å². The van der Waals surface area contributed by atoms with E-state index in [1.807, 2.05) is 42.5 Å². The maximum Gasteiger partial charge on any atom is 0.142 e. The third-order valence-corrected chi connectivity index (χ3v) is 3.84. The van der Waals surface area contributed by atoms with Gasteiger partial charge in [0, 0.05) is 15.7 Å². The van der Waals surface area contributed by atoms with Crippen LogP contribution in [0.1, 0.15) is 5.56 Å². The normalized spacial score (nSPS) is 10.3. The molecule has 0 saturated carbocycles. The summed E-state index contributed by atoms with van der Waals surface area (Å²) in [5.41, 5.74) is 7.67. The lowest BCUT2D eigenvalue weighted by Gasteiger charge is -2.07. The molecule has 0 bridgehead atoms. The summed E-state index contributed by atoms with van der Waals surface area (Å²) in [6.07, 6.45) is 0. The van der Waals surface area contributed by atoms with Crippen molar-refractivity contribution < 1.29 is 4.74 Å². The van der Waals surface area contributed by atoms with Gasteiger partial charge in [-0.2, -0.15) is 0 Å². The lowest BCUT2D eigenvalue weighted by atomic mass is 10.2. The Morgan fingerprint density at radius 2 is 1.89 bits per heavy atom. The first-order valence-electron chi connectivity index (χ1n) is 5.50. The first-order chi connectivity index (χ1) is 8.69. The second-order valence-electron chi connectivity index (χ2n) is 3.82. The van der Waals surface area contributed by atoms with E-state index in [0.717, 1.165) is 21.4 Å². The van der Waals surface area contributed by atoms with Gasteiger partial charge in [0.15, 0.2) is 0 Å². The highest BCUT2D eigenvalue weighted by atomic mass is 35.5. The molecule has 0 aliphatic heterocycles. The zero-order valence-corrected chi connectivity index (χ0v) is 11.6. The molecule has 2 aromatic rings. The molecule has 2 aromatic carbocycles. The lowest BCUT2D eigenvalue weighted by Crippen LogP contribution is -1.92. The zero-order valence-electron chi connectivity index (χ0n) is 10.0. The van der Waals surface area contributed by atoms with Crippen LogP contribution in [0.25, 0.3) is 0 Å². The van der Waals surface area contributed by atoms with Crippen LogP contribution in [0.2, 0.25) is 5.02 Å². The smallest absolute Gasteiger partial charge is 0.142 e. The number of rotatable bonds is 4. The van der Waals surface area contributed by atoms with Gasteiger partial charge < -0.3 is 10.5 Å². The number of methoxy groups -OCH3 is 1. The molecule has 94 valence electrons. The van der Waals surface area contributed by atoms with Gasteiger partial charge in [0.05, 0.1) is 12.8 Å². The van der Waals surface area contributed by atoms with Crippen molar-refractivity contribution in [1.29, 1.82) is 0 Å².